The van der Waals surface area contributed by atoms with Crippen LogP contribution in [0.4, 0.5) is 5.69 Å². The van der Waals surface area contributed by atoms with E-state index in [1.165, 1.54) is 6.33 Å². The molecule has 0 amide bonds. The zero-order chi connectivity index (χ0) is 15.6. The van der Waals surface area contributed by atoms with Gasteiger partial charge in [-0.3, -0.25) is 10.1 Å². The molecule has 0 saturated heterocycles. The van der Waals surface area contributed by atoms with Crippen molar-refractivity contribution in [2.75, 3.05) is 0 Å². The minimum absolute atomic E-state index is 0.119. The third-order valence-corrected chi connectivity index (χ3v) is 3.62. The van der Waals surface area contributed by atoms with Crippen LogP contribution in [0.25, 0.3) is 22.3 Å². The summed E-state index contributed by atoms with van der Waals surface area (Å²) in [6, 6.07) is 15.3. The minimum Gasteiger partial charge on any atom is -0.494 e. The highest BCUT2D eigenvalue weighted by Gasteiger charge is 2.07. The summed E-state index contributed by atoms with van der Waals surface area (Å²) >= 11 is 0. The lowest BCUT2D eigenvalue weighted by Gasteiger charge is -1.97. The zero-order valence-corrected chi connectivity index (χ0v) is 12.1. The maximum Gasteiger partial charge on any atom is 0.198 e. The maximum absolute atomic E-state index is 10.0. The number of rotatable bonds is 3. The Morgan fingerprint density at radius 2 is 1.87 bits per heavy atom. The normalized spacial score (nSPS) is 11.5. The van der Waals surface area contributed by atoms with Crippen LogP contribution in [0.5, 0.6) is 5.88 Å². The lowest BCUT2D eigenvalue weighted by molar-refractivity contribution is 0.457. The van der Waals surface area contributed by atoms with E-state index in [9.17, 15) is 5.11 Å². The number of hydrogen-bond donors (Lipinski definition) is 3. The smallest absolute Gasteiger partial charge is 0.198 e. The quantitative estimate of drug-likeness (QED) is 0.507. The lowest BCUT2D eigenvalue weighted by Crippen LogP contribution is -1.81. The fourth-order valence-corrected chi connectivity index (χ4v) is 2.47. The van der Waals surface area contributed by atoms with Crippen LogP contribution in [-0.2, 0) is 0 Å². The number of nitrogens with zero attached hydrogens (tertiary/aromatic N) is 3. The molecule has 112 valence electrons. The molecule has 2 aromatic heterocycles. The van der Waals surface area contributed by atoms with Crippen molar-refractivity contribution in [2.24, 2.45) is 4.99 Å². The Kier molecular flexibility index (Phi) is 3.12. The molecule has 0 fully saturated rings. The molecule has 23 heavy (non-hydrogen) atoms. The molecule has 3 N–H and O–H groups in total. The number of nitrogens with one attached hydrogen (secondary N) is 2. The van der Waals surface area contributed by atoms with Gasteiger partial charge in [-0.2, -0.15) is 5.10 Å². The van der Waals surface area contributed by atoms with Gasteiger partial charge in [0.1, 0.15) is 6.33 Å². The molecule has 4 rings (SSSR count). The van der Waals surface area contributed by atoms with Crippen molar-refractivity contribution in [3.8, 4) is 17.3 Å². The summed E-state index contributed by atoms with van der Waals surface area (Å²) in [5.74, 6) is 0.836. The summed E-state index contributed by atoms with van der Waals surface area (Å²) in [5.41, 5.74) is 3.29. The van der Waals surface area contributed by atoms with E-state index in [1.54, 1.807) is 6.21 Å². The van der Waals surface area contributed by atoms with Gasteiger partial charge in [0.05, 0.1) is 11.3 Å². The second-order valence-corrected chi connectivity index (χ2v) is 5.07. The number of aromatic hydroxyl groups is 1. The first-order valence-electron chi connectivity index (χ1n) is 7.11. The van der Waals surface area contributed by atoms with Gasteiger partial charge >= 0.3 is 0 Å². The van der Waals surface area contributed by atoms with Crippen LogP contribution in [0.3, 0.4) is 0 Å². The van der Waals surface area contributed by atoms with Gasteiger partial charge in [-0.15, -0.1) is 0 Å². The highest BCUT2D eigenvalue weighted by molar-refractivity contribution is 6.02. The van der Waals surface area contributed by atoms with E-state index in [0.717, 1.165) is 28.0 Å². The topological polar surface area (TPSA) is 89.9 Å². The first-order chi connectivity index (χ1) is 11.3. The van der Waals surface area contributed by atoms with Gasteiger partial charge in [0.15, 0.2) is 11.7 Å². The molecule has 4 aromatic rings. The first kappa shape index (κ1) is 13.3. The molecule has 6 nitrogen and oxygen atoms in total. The summed E-state index contributed by atoms with van der Waals surface area (Å²) in [7, 11) is 0. The monoisotopic (exact) mass is 303 g/mol. The van der Waals surface area contributed by atoms with Gasteiger partial charge in [-0.1, -0.05) is 18.2 Å². The number of fused-ring (bicyclic) bond motifs is 1. The third kappa shape index (κ3) is 2.46. The molecule has 0 aliphatic carbocycles. The Balaban J connectivity index is 1.64. The van der Waals surface area contributed by atoms with Crippen LogP contribution in [-0.4, -0.2) is 31.5 Å². The number of aromatic amines is 2. The van der Waals surface area contributed by atoms with E-state index in [1.807, 2.05) is 48.5 Å². The number of aliphatic imine (C=N–C) groups is 1. The van der Waals surface area contributed by atoms with Crippen molar-refractivity contribution in [2.45, 2.75) is 0 Å². The average Bonchev–Trinajstić information content (AvgIpc) is 3.21. The molecule has 6 heteroatoms. The minimum atomic E-state index is 0.119. The van der Waals surface area contributed by atoms with Crippen molar-refractivity contribution in [1.29, 1.82) is 0 Å². The number of aromatic nitrogens is 4. The molecule has 0 aliphatic rings. The molecule has 0 radical (unpaired) electrons. The fourth-order valence-electron chi connectivity index (χ4n) is 2.47. The van der Waals surface area contributed by atoms with Crippen LogP contribution in [0.15, 0.2) is 59.9 Å². The molecule has 0 aliphatic heterocycles. The Bertz CT molecular complexity index is 968. The fraction of sp³-hybridized carbons (Fsp3) is 0. The summed E-state index contributed by atoms with van der Waals surface area (Å²) in [6.07, 6.45) is 3.14. The predicted octanol–water partition coefficient (Wildman–Crippen LogP) is 3.41. The van der Waals surface area contributed by atoms with Gasteiger partial charge in [0, 0.05) is 22.7 Å². The van der Waals surface area contributed by atoms with Crippen LogP contribution in [0.2, 0.25) is 0 Å². The van der Waals surface area contributed by atoms with Crippen molar-refractivity contribution < 1.29 is 5.11 Å². The second kappa shape index (κ2) is 5.42. The largest absolute Gasteiger partial charge is 0.494 e. The zero-order valence-electron chi connectivity index (χ0n) is 12.1. The molecule has 2 heterocycles. The van der Waals surface area contributed by atoms with Gasteiger partial charge in [0.25, 0.3) is 0 Å². The van der Waals surface area contributed by atoms with E-state index in [2.05, 4.69) is 25.2 Å². The molecule has 2 aromatic carbocycles. The van der Waals surface area contributed by atoms with E-state index in [-0.39, 0.29) is 5.88 Å². The Hall–Kier alpha value is -3.41. The molecule has 0 unspecified atom stereocenters. The van der Waals surface area contributed by atoms with Crippen molar-refractivity contribution in [3.63, 3.8) is 0 Å². The van der Waals surface area contributed by atoms with E-state index in [0.29, 0.717) is 5.56 Å². The van der Waals surface area contributed by atoms with Crippen LogP contribution < -0.4 is 0 Å². The molecular formula is C17H13N5O. The number of H-pyrrole nitrogens is 2. The van der Waals surface area contributed by atoms with Crippen LogP contribution in [0.1, 0.15) is 5.56 Å². The summed E-state index contributed by atoms with van der Waals surface area (Å²) in [4.78, 5) is 11.5. The maximum atomic E-state index is 10.0. The molecule has 0 spiro atoms. The second-order valence-electron chi connectivity index (χ2n) is 5.07. The summed E-state index contributed by atoms with van der Waals surface area (Å²) in [6.45, 7) is 0. The molecule has 0 bridgehead atoms. The number of hydrogen-bond acceptors (Lipinski definition) is 4. The van der Waals surface area contributed by atoms with Crippen molar-refractivity contribution in [1.82, 2.24) is 20.2 Å². The molecule has 0 saturated carbocycles. The van der Waals surface area contributed by atoms with E-state index < -0.39 is 0 Å². The van der Waals surface area contributed by atoms with Crippen molar-refractivity contribution in [3.05, 3.63) is 60.4 Å². The molecule has 0 atom stereocenters. The predicted molar refractivity (Wildman–Crippen MR) is 89.0 cm³/mol. The highest BCUT2D eigenvalue weighted by atomic mass is 16.3. The van der Waals surface area contributed by atoms with Gasteiger partial charge < -0.3 is 10.1 Å². The number of para-hydroxylation sites is 1. The lowest BCUT2D eigenvalue weighted by atomic mass is 10.2. The van der Waals surface area contributed by atoms with Crippen LogP contribution in [0, 0.1) is 0 Å². The van der Waals surface area contributed by atoms with Gasteiger partial charge in [-0.05, 0) is 30.3 Å². The van der Waals surface area contributed by atoms with Gasteiger partial charge in [-0.25, -0.2) is 4.98 Å². The average molecular weight is 303 g/mol. The Labute approximate surface area is 131 Å². The Morgan fingerprint density at radius 1 is 1.04 bits per heavy atom. The van der Waals surface area contributed by atoms with E-state index in [4.69, 9.17) is 0 Å². The standard InChI is InChI=1S/C17H13N5O/c23-17-14(13-3-1-2-4-15(13)21-17)9-18-12-7-5-11(6-8-12)16-19-10-20-22-16/h1-10,21,23H,(H,19,20,22). The third-order valence-electron chi connectivity index (χ3n) is 3.62. The SMILES string of the molecule is Oc1[nH]c2ccccc2c1C=Nc1ccc(-c2ncn[nH]2)cc1. The van der Waals surface area contributed by atoms with Gasteiger partial charge in [0.2, 0.25) is 0 Å². The van der Waals surface area contributed by atoms with Crippen molar-refractivity contribution >= 4 is 22.8 Å². The van der Waals surface area contributed by atoms with E-state index >= 15 is 0 Å². The summed E-state index contributed by atoms with van der Waals surface area (Å²) in [5, 5.41) is 17.6. The highest BCUT2D eigenvalue weighted by Crippen LogP contribution is 2.26. The number of benzene rings is 2. The summed E-state index contributed by atoms with van der Waals surface area (Å²) < 4.78 is 0. The Morgan fingerprint density at radius 3 is 2.65 bits per heavy atom. The first-order valence-corrected chi connectivity index (χ1v) is 7.11. The molecular weight excluding hydrogens is 290 g/mol. The van der Waals surface area contributed by atoms with Crippen LogP contribution >= 0.6 is 0 Å².